The molecule has 1 aromatic carbocycles. The van der Waals surface area contributed by atoms with Gasteiger partial charge in [-0.15, -0.1) is 22.7 Å². The molecule has 0 aliphatic rings. The van der Waals surface area contributed by atoms with Crippen molar-refractivity contribution in [3.63, 3.8) is 0 Å². The van der Waals surface area contributed by atoms with Crippen molar-refractivity contribution in [3.8, 4) is 5.75 Å². The van der Waals surface area contributed by atoms with Crippen LogP contribution in [0.4, 0.5) is 5.13 Å². The monoisotopic (exact) mass is 424 g/mol. The molecule has 29 heavy (non-hydrogen) atoms. The molecule has 0 spiro atoms. The molecular weight excluding hydrogens is 404 g/mol. The number of imidazole rings is 1. The smallest absolute Gasteiger partial charge is 0.276 e. The van der Waals surface area contributed by atoms with Gasteiger partial charge in [0.05, 0.1) is 18.5 Å². The molecular formula is C21H20N4O2S2. The van der Waals surface area contributed by atoms with Gasteiger partial charge in [-0.1, -0.05) is 25.1 Å². The van der Waals surface area contributed by atoms with Gasteiger partial charge in [-0.05, 0) is 31.1 Å². The van der Waals surface area contributed by atoms with E-state index in [1.165, 1.54) is 22.7 Å². The molecule has 148 valence electrons. The average Bonchev–Trinajstić information content (AvgIpc) is 3.41. The van der Waals surface area contributed by atoms with Gasteiger partial charge in [-0.25, -0.2) is 9.97 Å². The Morgan fingerprint density at radius 3 is 2.86 bits per heavy atom. The Balaban J connectivity index is 1.71. The van der Waals surface area contributed by atoms with Crippen LogP contribution < -0.4 is 10.1 Å². The summed E-state index contributed by atoms with van der Waals surface area (Å²) < 4.78 is 7.28. The average molecular weight is 425 g/mol. The van der Waals surface area contributed by atoms with Gasteiger partial charge >= 0.3 is 0 Å². The van der Waals surface area contributed by atoms with Gasteiger partial charge in [-0.2, -0.15) is 0 Å². The maximum absolute atomic E-state index is 13.0. The largest absolute Gasteiger partial charge is 0.496 e. The number of benzene rings is 1. The van der Waals surface area contributed by atoms with Crippen LogP contribution in [0.25, 0.3) is 17.1 Å². The van der Waals surface area contributed by atoms with E-state index in [1.54, 1.807) is 7.11 Å². The molecule has 0 fully saturated rings. The number of carbonyl (C=O) groups excluding carboxylic acids is 1. The van der Waals surface area contributed by atoms with Crippen molar-refractivity contribution in [2.24, 2.45) is 0 Å². The third-order valence-electron chi connectivity index (χ3n) is 4.51. The Hall–Kier alpha value is -2.97. The number of aromatic nitrogens is 3. The van der Waals surface area contributed by atoms with Crippen molar-refractivity contribution < 1.29 is 9.53 Å². The fraction of sp³-hybridized carbons (Fsp3) is 0.190. The molecule has 1 amide bonds. The Morgan fingerprint density at radius 1 is 1.28 bits per heavy atom. The summed E-state index contributed by atoms with van der Waals surface area (Å²) in [5.74, 6) is 0.629. The fourth-order valence-corrected chi connectivity index (χ4v) is 4.59. The Kier molecular flexibility index (Phi) is 5.46. The number of aryl methyl sites for hydroxylation is 1. The number of thiazole rings is 2. The molecule has 0 atom stereocenters. The molecule has 1 N–H and O–H groups in total. The number of anilines is 1. The van der Waals surface area contributed by atoms with Crippen molar-refractivity contribution >= 4 is 50.8 Å². The molecule has 4 rings (SSSR count). The Morgan fingerprint density at radius 2 is 2.14 bits per heavy atom. The highest BCUT2D eigenvalue weighted by Crippen LogP contribution is 2.26. The van der Waals surface area contributed by atoms with E-state index in [0.717, 1.165) is 34.0 Å². The summed E-state index contributed by atoms with van der Waals surface area (Å²) >= 11 is 2.90. The molecule has 0 aliphatic carbocycles. The predicted molar refractivity (Wildman–Crippen MR) is 119 cm³/mol. The molecule has 0 radical (unpaired) electrons. The number of methoxy groups -OCH3 is 1. The number of carbonyl (C=O) groups is 1. The lowest BCUT2D eigenvalue weighted by Gasteiger charge is -2.09. The van der Waals surface area contributed by atoms with Crippen LogP contribution in [-0.4, -0.2) is 27.4 Å². The highest BCUT2D eigenvalue weighted by atomic mass is 32.1. The summed E-state index contributed by atoms with van der Waals surface area (Å²) in [7, 11) is 1.67. The minimum absolute atomic E-state index is 0.230. The zero-order chi connectivity index (χ0) is 20.4. The van der Waals surface area contributed by atoms with Gasteiger partial charge in [0.25, 0.3) is 5.91 Å². The van der Waals surface area contributed by atoms with Gasteiger partial charge in [-0.3, -0.25) is 14.5 Å². The first-order valence-electron chi connectivity index (χ1n) is 9.13. The lowest BCUT2D eigenvalue weighted by atomic mass is 10.0. The number of hydrogen-bond donors (Lipinski definition) is 1. The van der Waals surface area contributed by atoms with E-state index in [0.29, 0.717) is 16.5 Å². The number of hydrogen-bond acceptors (Lipinski definition) is 6. The summed E-state index contributed by atoms with van der Waals surface area (Å²) in [6.07, 6.45) is 6.57. The van der Waals surface area contributed by atoms with Crippen molar-refractivity contribution in [2.75, 3.05) is 12.4 Å². The summed E-state index contributed by atoms with van der Waals surface area (Å²) in [5, 5.41) is 7.28. The molecule has 3 heterocycles. The minimum Gasteiger partial charge on any atom is -0.496 e. The number of rotatable bonds is 6. The van der Waals surface area contributed by atoms with Crippen molar-refractivity contribution in [3.05, 3.63) is 63.4 Å². The van der Waals surface area contributed by atoms with Crippen LogP contribution in [-0.2, 0) is 6.42 Å². The second kappa shape index (κ2) is 8.18. The molecule has 8 heteroatoms. The highest BCUT2D eigenvalue weighted by molar-refractivity contribution is 7.15. The van der Waals surface area contributed by atoms with Gasteiger partial charge < -0.3 is 4.74 Å². The number of fused-ring (bicyclic) bond motifs is 1. The van der Waals surface area contributed by atoms with Crippen molar-refractivity contribution in [1.82, 2.24) is 14.4 Å². The van der Waals surface area contributed by atoms with E-state index in [4.69, 9.17) is 4.74 Å². The van der Waals surface area contributed by atoms with Crippen LogP contribution in [0.15, 0.2) is 35.2 Å². The molecule has 6 nitrogen and oxygen atoms in total. The summed E-state index contributed by atoms with van der Waals surface area (Å²) in [5.41, 5.74) is 4.16. The topological polar surface area (TPSA) is 68.5 Å². The van der Waals surface area contributed by atoms with Crippen LogP contribution in [0.1, 0.15) is 39.9 Å². The predicted octanol–water partition coefficient (Wildman–Crippen LogP) is 5.15. The van der Waals surface area contributed by atoms with E-state index < -0.39 is 0 Å². The van der Waals surface area contributed by atoms with E-state index in [9.17, 15) is 4.79 Å². The number of nitrogens with one attached hydrogen (secondary N) is 1. The first kappa shape index (κ1) is 19.4. The fourth-order valence-electron chi connectivity index (χ4n) is 3.19. The van der Waals surface area contributed by atoms with Gasteiger partial charge in [0.15, 0.2) is 10.1 Å². The third-order valence-corrected chi connectivity index (χ3v) is 6.14. The minimum atomic E-state index is -0.230. The number of nitrogens with zero attached hydrogens (tertiary/aromatic N) is 3. The van der Waals surface area contributed by atoms with Gasteiger partial charge in [0.2, 0.25) is 0 Å². The summed E-state index contributed by atoms with van der Waals surface area (Å²) in [4.78, 5) is 22.7. The van der Waals surface area contributed by atoms with Crippen LogP contribution in [0.2, 0.25) is 0 Å². The first-order chi connectivity index (χ1) is 14.1. The maximum atomic E-state index is 13.0. The molecule has 4 aromatic rings. The van der Waals surface area contributed by atoms with Crippen LogP contribution in [0, 0.1) is 6.92 Å². The third kappa shape index (κ3) is 3.81. The Labute approximate surface area is 176 Å². The van der Waals surface area contributed by atoms with E-state index in [2.05, 4.69) is 22.2 Å². The molecule has 0 aliphatic heterocycles. The van der Waals surface area contributed by atoms with Crippen molar-refractivity contribution in [2.45, 2.75) is 20.3 Å². The lowest BCUT2D eigenvalue weighted by Crippen LogP contribution is -2.15. The Bertz CT molecular complexity index is 1200. The van der Waals surface area contributed by atoms with Gasteiger partial charge in [0.1, 0.15) is 11.4 Å². The normalized spacial score (nSPS) is 11.4. The molecule has 0 bridgehead atoms. The second-order valence-corrected chi connectivity index (χ2v) is 8.10. The highest BCUT2D eigenvalue weighted by Gasteiger charge is 2.19. The lowest BCUT2D eigenvalue weighted by molar-refractivity contribution is 0.102. The van der Waals surface area contributed by atoms with E-state index in [-0.39, 0.29) is 5.91 Å². The van der Waals surface area contributed by atoms with Crippen LogP contribution >= 0.6 is 22.7 Å². The molecule has 0 unspecified atom stereocenters. The van der Waals surface area contributed by atoms with E-state index >= 15 is 0 Å². The number of amides is 1. The standard InChI is InChI=1S/C21H20N4O2S2/c1-4-15-14(6-5-7-17(15)27-3)8-9-16-18(25-10-11-28-21(25)23-16)19(26)24-20-22-13(2)12-29-20/h5-12H,4H2,1-3H3,(H,22,24,26). The second-order valence-electron chi connectivity index (χ2n) is 6.36. The molecule has 0 saturated heterocycles. The quantitative estimate of drug-likeness (QED) is 0.464. The number of ether oxygens (including phenoxy) is 1. The van der Waals surface area contributed by atoms with Crippen LogP contribution in [0.3, 0.4) is 0 Å². The summed E-state index contributed by atoms with van der Waals surface area (Å²) in [6.45, 7) is 3.99. The van der Waals surface area contributed by atoms with Gasteiger partial charge in [0, 0.05) is 22.5 Å². The zero-order valence-corrected chi connectivity index (χ0v) is 17.9. The first-order valence-corrected chi connectivity index (χ1v) is 10.9. The van der Waals surface area contributed by atoms with Crippen LogP contribution in [0.5, 0.6) is 5.75 Å². The molecule has 0 saturated carbocycles. The van der Waals surface area contributed by atoms with Crippen molar-refractivity contribution in [1.29, 1.82) is 0 Å². The zero-order valence-electron chi connectivity index (χ0n) is 16.3. The summed E-state index contributed by atoms with van der Waals surface area (Å²) in [6, 6.07) is 5.95. The maximum Gasteiger partial charge on any atom is 0.276 e. The van der Waals surface area contributed by atoms with E-state index in [1.807, 2.05) is 58.6 Å². The molecule has 3 aromatic heterocycles. The SMILES string of the molecule is CCc1c(C=Cc2nc3sccn3c2C(=O)Nc2nc(C)cs2)cccc1OC.